The number of hydrogen-bond acceptors (Lipinski definition) is 3. The lowest BCUT2D eigenvalue weighted by Gasteiger charge is -2.07. The molecule has 0 aromatic rings. The van der Waals surface area contributed by atoms with E-state index < -0.39 is 6.10 Å². The summed E-state index contributed by atoms with van der Waals surface area (Å²) in [6.07, 6.45) is -0.431. The first-order valence-corrected chi connectivity index (χ1v) is 2.91. The molecule has 0 unspecified atom stereocenters. The maximum Gasteiger partial charge on any atom is 0.334 e. The Bertz CT molecular complexity index is 90.3. The summed E-state index contributed by atoms with van der Waals surface area (Å²) in [5.74, 6) is -0.322. The Morgan fingerprint density at radius 3 is 2.56 bits per heavy atom. The molecule has 0 aliphatic rings. The molecular weight excluding hydrogens is 120 g/mol. The molecule has 0 saturated carbocycles. The Morgan fingerprint density at radius 2 is 2.22 bits per heavy atom. The van der Waals surface area contributed by atoms with Crippen molar-refractivity contribution in [3.8, 4) is 0 Å². The van der Waals surface area contributed by atoms with Crippen LogP contribution in [0, 0.1) is 0 Å². The monoisotopic (exact) mass is 132 g/mol. The van der Waals surface area contributed by atoms with E-state index in [4.69, 9.17) is 4.74 Å². The summed E-state index contributed by atoms with van der Waals surface area (Å²) in [5, 5.41) is 0. The average molecular weight is 132 g/mol. The lowest BCUT2D eigenvalue weighted by Crippen LogP contribution is -2.21. The van der Waals surface area contributed by atoms with Crippen LogP contribution in [0.1, 0.15) is 13.8 Å². The summed E-state index contributed by atoms with van der Waals surface area (Å²) in [4.78, 5) is 10.6. The zero-order valence-electron chi connectivity index (χ0n) is 6.01. The predicted octanol–water partition coefficient (Wildman–Crippen LogP) is 0.584. The molecule has 0 N–H and O–H groups in total. The number of carbonyl (C=O) groups excluding carboxylic acids is 1. The summed E-state index contributed by atoms with van der Waals surface area (Å²) in [6.45, 7) is 4.03. The van der Waals surface area contributed by atoms with Gasteiger partial charge >= 0.3 is 5.97 Å². The molecule has 54 valence electrons. The van der Waals surface area contributed by atoms with Crippen molar-refractivity contribution in [2.45, 2.75) is 20.0 Å². The third kappa shape index (κ3) is 3.08. The van der Waals surface area contributed by atoms with Crippen molar-refractivity contribution in [2.24, 2.45) is 0 Å². The summed E-state index contributed by atoms with van der Waals surface area (Å²) in [7, 11) is 1.35. The summed E-state index contributed by atoms with van der Waals surface area (Å²) < 4.78 is 9.32. The van der Waals surface area contributed by atoms with Crippen molar-refractivity contribution in [3.63, 3.8) is 0 Å². The van der Waals surface area contributed by atoms with Crippen molar-refractivity contribution < 1.29 is 14.3 Å². The number of ether oxygens (including phenoxy) is 2. The highest BCUT2D eigenvalue weighted by Crippen LogP contribution is 1.91. The zero-order valence-corrected chi connectivity index (χ0v) is 6.01. The second-order valence-corrected chi connectivity index (χ2v) is 1.62. The van der Waals surface area contributed by atoms with Gasteiger partial charge in [-0.3, -0.25) is 0 Å². The fourth-order valence-corrected chi connectivity index (χ4v) is 0.484. The van der Waals surface area contributed by atoms with Gasteiger partial charge in [0.1, 0.15) is 0 Å². The van der Waals surface area contributed by atoms with Gasteiger partial charge in [-0.1, -0.05) is 0 Å². The van der Waals surface area contributed by atoms with Gasteiger partial charge in [0, 0.05) is 6.61 Å². The summed E-state index contributed by atoms with van der Waals surface area (Å²) in [5.41, 5.74) is 0. The molecule has 0 aromatic heterocycles. The smallest absolute Gasteiger partial charge is 0.334 e. The van der Waals surface area contributed by atoms with Crippen LogP contribution in [0.3, 0.4) is 0 Å². The lowest BCUT2D eigenvalue weighted by atomic mass is 10.4. The van der Waals surface area contributed by atoms with Gasteiger partial charge in [-0.2, -0.15) is 0 Å². The van der Waals surface area contributed by atoms with Gasteiger partial charge in [-0.25, -0.2) is 4.79 Å². The topological polar surface area (TPSA) is 35.5 Å². The number of esters is 1. The largest absolute Gasteiger partial charge is 0.467 e. The standard InChI is InChI=1S/C6H12O3/c1-4-9-5(2)6(7)8-3/h5H,4H2,1-3H3/t5-/m0/s1. The Kier molecular flexibility index (Phi) is 4.05. The first kappa shape index (κ1) is 8.43. The molecule has 0 heterocycles. The third-order valence-corrected chi connectivity index (χ3v) is 0.950. The van der Waals surface area contributed by atoms with E-state index in [1.165, 1.54) is 7.11 Å². The molecule has 0 aromatic carbocycles. The van der Waals surface area contributed by atoms with E-state index in [1.807, 2.05) is 6.92 Å². The van der Waals surface area contributed by atoms with E-state index in [9.17, 15) is 4.79 Å². The van der Waals surface area contributed by atoms with Crippen LogP contribution in [-0.2, 0) is 14.3 Å². The van der Waals surface area contributed by atoms with E-state index in [-0.39, 0.29) is 5.97 Å². The third-order valence-electron chi connectivity index (χ3n) is 0.950. The maximum atomic E-state index is 10.6. The normalized spacial score (nSPS) is 12.8. The Hall–Kier alpha value is -0.570. The average Bonchev–Trinajstić information content (AvgIpc) is 1.87. The van der Waals surface area contributed by atoms with E-state index >= 15 is 0 Å². The van der Waals surface area contributed by atoms with Gasteiger partial charge in [0.15, 0.2) is 6.10 Å². The van der Waals surface area contributed by atoms with Crippen molar-refractivity contribution in [3.05, 3.63) is 0 Å². The molecule has 0 bridgehead atoms. The molecule has 0 aliphatic carbocycles. The highest BCUT2D eigenvalue weighted by atomic mass is 16.6. The predicted molar refractivity (Wildman–Crippen MR) is 33.1 cm³/mol. The molecule has 9 heavy (non-hydrogen) atoms. The molecule has 0 spiro atoms. The van der Waals surface area contributed by atoms with Crippen LogP contribution in [0.25, 0.3) is 0 Å². The summed E-state index contributed by atoms with van der Waals surface area (Å²) in [6, 6.07) is 0. The highest BCUT2D eigenvalue weighted by molar-refractivity contribution is 5.73. The van der Waals surface area contributed by atoms with Crippen LogP contribution in [0.4, 0.5) is 0 Å². The zero-order chi connectivity index (χ0) is 7.28. The minimum absolute atomic E-state index is 0.322. The molecule has 3 heteroatoms. The second kappa shape index (κ2) is 4.32. The fraction of sp³-hybridized carbons (Fsp3) is 0.833. The van der Waals surface area contributed by atoms with Crippen LogP contribution in [0.2, 0.25) is 0 Å². The maximum absolute atomic E-state index is 10.6. The second-order valence-electron chi connectivity index (χ2n) is 1.62. The van der Waals surface area contributed by atoms with Crippen LogP contribution in [0.15, 0.2) is 0 Å². The van der Waals surface area contributed by atoms with Crippen molar-refractivity contribution in [1.29, 1.82) is 0 Å². The van der Waals surface area contributed by atoms with Crippen LogP contribution in [-0.4, -0.2) is 25.8 Å². The van der Waals surface area contributed by atoms with E-state index in [1.54, 1.807) is 6.92 Å². The molecule has 0 saturated heterocycles. The molecule has 0 fully saturated rings. The minimum atomic E-state index is -0.431. The SMILES string of the molecule is CCO[C@@H](C)C(=O)OC. The molecule has 0 amide bonds. The quantitative estimate of drug-likeness (QED) is 0.527. The van der Waals surface area contributed by atoms with Crippen LogP contribution in [0.5, 0.6) is 0 Å². The van der Waals surface area contributed by atoms with Crippen molar-refractivity contribution in [1.82, 2.24) is 0 Å². The molecule has 0 rings (SSSR count). The van der Waals surface area contributed by atoms with Crippen LogP contribution >= 0.6 is 0 Å². The Balaban J connectivity index is 3.45. The van der Waals surface area contributed by atoms with E-state index in [0.29, 0.717) is 6.61 Å². The minimum Gasteiger partial charge on any atom is -0.467 e. The lowest BCUT2D eigenvalue weighted by molar-refractivity contribution is -0.152. The number of methoxy groups -OCH3 is 1. The van der Waals surface area contributed by atoms with Gasteiger partial charge in [0.25, 0.3) is 0 Å². The molecule has 1 atom stereocenters. The van der Waals surface area contributed by atoms with E-state index in [0.717, 1.165) is 0 Å². The van der Waals surface area contributed by atoms with Gasteiger partial charge in [0.2, 0.25) is 0 Å². The first-order chi connectivity index (χ1) is 4.22. The van der Waals surface area contributed by atoms with Crippen molar-refractivity contribution >= 4 is 5.97 Å². The van der Waals surface area contributed by atoms with Crippen molar-refractivity contribution in [2.75, 3.05) is 13.7 Å². The number of carbonyl (C=O) groups is 1. The fourth-order valence-electron chi connectivity index (χ4n) is 0.484. The molecule has 3 nitrogen and oxygen atoms in total. The Labute approximate surface area is 55.0 Å². The van der Waals surface area contributed by atoms with Gasteiger partial charge in [0.05, 0.1) is 7.11 Å². The van der Waals surface area contributed by atoms with E-state index in [2.05, 4.69) is 4.74 Å². The van der Waals surface area contributed by atoms with Gasteiger partial charge < -0.3 is 9.47 Å². The molecule has 0 radical (unpaired) electrons. The highest BCUT2D eigenvalue weighted by Gasteiger charge is 2.10. The van der Waals surface area contributed by atoms with Gasteiger partial charge in [-0.15, -0.1) is 0 Å². The number of rotatable bonds is 3. The van der Waals surface area contributed by atoms with Gasteiger partial charge in [-0.05, 0) is 13.8 Å². The Morgan fingerprint density at radius 1 is 1.67 bits per heavy atom. The molecular formula is C6H12O3. The first-order valence-electron chi connectivity index (χ1n) is 2.91. The summed E-state index contributed by atoms with van der Waals surface area (Å²) >= 11 is 0. The van der Waals surface area contributed by atoms with Crippen LogP contribution < -0.4 is 0 Å². The number of hydrogen-bond donors (Lipinski definition) is 0. The molecule has 0 aliphatic heterocycles.